The van der Waals surface area contributed by atoms with Gasteiger partial charge in [0.15, 0.2) is 0 Å². The predicted octanol–water partition coefficient (Wildman–Crippen LogP) is 5.27. The number of hydrogen-bond acceptors (Lipinski definition) is 2. The zero-order valence-corrected chi connectivity index (χ0v) is 16.2. The Morgan fingerprint density at radius 3 is 2.58 bits per heavy atom. The van der Waals surface area contributed by atoms with Crippen molar-refractivity contribution in [2.24, 2.45) is 5.41 Å². The predicted molar refractivity (Wildman–Crippen MR) is 100 cm³/mol. The molecule has 136 valence electrons. The van der Waals surface area contributed by atoms with Gasteiger partial charge in [-0.05, 0) is 24.3 Å². The molecule has 0 saturated carbocycles. The van der Waals surface area contributed by atoms with Crippen LogP contribution in [0.25, 0.3) is 11.0 Å². The van der Waals surface area contributed by atoms with Gasteiger partial charge < -0.3 is 9.30 Å². The van der Waals surface area contributed by atoms with Crippen LogP contribution in [-0.2, 0) is 11.2 Å². The maximum Gasteiger partial charge on any atom is 0.130 e. The molecule has 0 bridgehead atoms. The zero-order chi connectivity index (χ0) is 18.5. The van der Waals surface area contributed by atoms with E-state index < -0.39 is 11.6 Å². The number of ether oxygens (including phenoxy) is 1. The van der Waals surface area contributed by atoms with E-state index in [2.05, 4.69) is 39.3 Å². The van der Waals surface area contributed by atoms with Crippen LogP contribution in [0.3, 0.4) is 0 Å². The maximum absolute atomic E-state index is 14.4. The molecule has 3 aromatic rings. The van der Waals surface area contributed by atoms with Gasteiger partial charge in [-0.25, -0.2) is 13.8 Å². The van der Waals surface area contributed by atoms with Crippen molar-refractivity contribution in [2.75, 3.05) is 13.2 Å². The summed E-state index contributed by atoms with van der Waals surface area (Å²) in [6, 6.07) is 10.4. The van der Waals surface area contributed by atoms with E-state index in [1.807, 2.05) is 24.3 Å². The van der Waals surface area contributed by atoms with Crippen molar-refractivity contribution in [2.45, 2.75) is 26.3 Å². The molecule has 2 heterocycles. The average Bonchev–Trinajstić information content (AvgIpc) is 3.09. The van der Waals surface area contributed by atoms with E-state index in [0.717, 1.165) is 11.0 Å². The molecule has 1 atom stereocenters. The number of nitrogens with zero attached hydrogens (tertiary/aromatic N) is 2. The summed E-state index contributed by atoms with van der Waals surface area (Å²) in [5.74, 6) is -0.496. The minimum Gasteiger partial charge on any atom is -0.379 e. The van der Waals surface area contributed by atoms with Gasteiger partial charge in [0, 0.05) is 21.9 Å². The van der Waals surface area contributed by atoms with Crippen molar-refractivity contribution in [1.82, 2.24) is 9.55 Å². The van der Waals surface area contributed by atoms with Gasteiger partial charge in [-0.1, -0.05) is 41.9 Å². The van der Waals surface area contributed by atoms with Gasteiger partial charge in [-0.15, -0.1) is 0 Å². The topological polar surface area (TPSA) is 27.1 Å². The Hall–Kier alpha value is -1.79. The minimum atomic E-state index is -0.572. The normalized spacial score (nSPS) is 19.3. The smallest absolute Gasteiger partial charge is 0.130 e. The summed E-state index contributed by atoms with van der Waals surface area (Å²) < 4.78 is 37.0. The summed E-state index contributed by atoms with van der Waals surface area (Å²) in [6.07, 6.45) is 0.0895. The quantitative estimate of drug-likeness (QED) is 0.577. The lowest BCUT2D eigenvalue weighted by Gasteiger charge is -2.28. The van der Waals surface area contributed by atoms with Gasteiger partial charge in [0.1, 0.15) is 17.5 Å². The highest BCUT2D eigenvalue weighted by Crippen LogP contribution is 2.40. The lowest BCUT2D eigenvalue weighted by molar-refractivity contribution is 0.166. The molecule has 1 aromatic heterocycles. The molecular formula is C20H19BrF2N2O. The fraction of sp³-hybridized carbons (Fsp3) is 0.350. The van der Waals surface area contributed by atoms with E-state index in [-0.39, 0.29) is 23.4 Å². The molecule has 3 nitrogen and oxygen atoms in total. The van der Waals surface area contributed by atoms with Gasteiger partial charge in [-0.3, -0.25) is 0 Å². The molecule has 1 saturated heterocycles. The number of hydrogen-bond donors (Lipinski definition) is 0. The second-order valence-corrected chi connectivity index (χ2v) is 8.35. The van der Waals surface area contributed by atoms with E-state index in [1.165, 1.54) is 12.1 Å². The van der Waals surface area contributed by atoms with Crippen LogP contribution in [0.4, 0.5) is 8.78 Å². The van der Waals surface area contributed by atoms with Crippen LogP contribution in [0.5, 0.6) is 0 Å². The minimum absolute atomic E-state index is 0.0291. The van der Waals surface area contributed by atoms with Crippen molar-refractivity contribution in [1.29, 1.82) is 0 Å². The first-order valence-corrected chi connectivity index (χ1v) is 9.33. The fourth-order valence-electron chi connectivity index (χ4n) is 3.65. The first-order valence-electron chi connectivity index (χ1n) is 8.54. The lowest BCUT2D eigenvalue weighted by atomic mass is 9.87. The van der Waals surface area contributed by atoms with E-state index >= 15 is 0 Å². The van der Waals surface area contributed by atoms with E-state index in [1.54, 1.807) is 0 Å². The van der Waals surface area contributed by atoms with E-state index in [9.17, 15) is 8.78 Å². The van der Waals surface area contributed by atoms with Crippen molar-refractivity contribution in [3.63, 3.8) is 0 Å². The highest BCUT2D eigenvalue weighted by molar-refractivity contribution is 9.10. The van der Waals surface area contributed by atoms with Crippen LogP contribution in [0.2, 0.25) is 0 Å². The SMILES string of the molecule is CC1(C)COC[C@H]1n1c(Cc2c(F)cc(Br)cc2F)nc2ccccc21. The second kappa shape index (κ2) is 6.43. The number of fused-ring (bicyclic) bond motifs is 1. The number of rotatable bonds is 3. The van der Waals surface area contributed by atoms with Crippen molar-refractivity contribution in [3.05, 3.63) is 63.9 Å². The molecular weight excluding hydrogens is 402 g/mol. The monoisotopic (exact) mass is 420 g/mol. The van der Waals surface area contributed by atoms with E-state index in [0.29, 0.717) is 23.5 Å². The maximum atomic E-state index is 14.4. The van der Waals surface area contributed by atoms with E-state index in [4.69, 9.17) is 4.74 Å². The van der Waals surface area contributed by atoms with Crippen molar-refractivity contribution < 1.29 is 13.5 Å². The lowest BCUT2D eigenvalue weighted by Crippen LogP contribution is -2.27. The highest BCUT2D eigenvalue weighted by Gasteiger charge is 2.39. The molecule has 1 aliphatic heterocycles. The Morgan fingerprint density at radius 1 is 1.23 bits per heavy atom. The third-order valence-electron chi connectivity index (χ3n) is 5.07. The van der Waals surface area contributed by atoms with Crippen molar-refractivity contribution in [3.8, 4) is 0 Å². The molecule has 0 N–H and O–H groups in total. The fourth-order valence-corrected chi connectivity index (χ4v) is 4.05. The highest BCUT2D eigenvalue weighted by atomic mass is 79.9. The Labute approximate surface area is 159 Å². The molecule has 0 amide bonds. The number of benzene rings is 2. The molecule has 2 aromatic carbocycles. The number of halogens is 3. The van der Waals surface area contributed by atoms with Gasteiger partial charge >= 0.3 is 0 Å². The summed E-state index contributed by atoms with van der Waals surface area (Å²) in [4.78, 5) is 4.69. The second-order valence-electron chi connectivity index (χ2n) is 7.43. The molecule has 0 radical (unpaired) electrons. The number of para-hydroxylation sites is 2. The Morgan fingerprint density at radius 2 is 1.92 bits per heavy atom. The van der Waals surface area contributed by atoms with Crippen LogP contribution in [0.1, 0.15) is 31.3 Å². The first-order chi connectivity index (χ1) is 12.4. The number of imidazole rings is 1. The van der Waals surface area contributed by atoms with Crippen molar-refractivity contribution >= 4 is 27.0 Å². The molecule has 1 aliphatic rings. The Kier molecular flexibility index (Phi) is 4.35. The average molecular weight is 421 g/mol. The summed E-state index contributed by atoms with van der Waals surface area (Å²) >= 11 is 3.13. The van der Waals surface area contributed by atoms with Gasteiger partial charge in [0.25, 0.3) is 0 Å². The van der Waals surface area contributed by atoms with Gasteiger partial charge in [0.2, 0.25) is 0 Å². The largest absolute Gasteiger partial charge is 0.379 e. The summed E-state index contributed by atoms with van der Waals surface area (Å²) in [5.41, 5.74) is 1.73. The zero-order valence-electron chi connectivity index (χ0n) is 14.6. The third-order valence-corrected chi connectivity index (χ3v) is 5.53. The molecule has 0 aliphatic carbocycles. The molecule has 0 spiro atoms. The molecule has 26 heavy (non-hydrogen) atoms. The Balaban J connectivity index is 1.87. The van der Waals surface area contributed by atoms with Crippen LogP contribution >= 0.6 is 15.9 Å². The van der Waals surface area contributed by atoms with Crippen LogP contribution < -0.4 is 0 Å². The summed E-state index contributed by atoms with van der Waals surface area (Å²) in [7, 11) is 0. The molecule has 1 fully saturated rings. The van der Waals surface area contributed by atoms with Gasteiger partial charge in [-0.2, -0.15) is 0 Å². The molecule has 4 rings (SSSR count). The van der Waals surface area contributed by atoms with Gasteiger partial charge in [0.05, 0.1) is 30.3 Å². The molecule has 0 unspecified atom stereocenters. The van der Waals surface area contributed by atoms with Crippen LogP contribution in [0.15, 0.2) is 40.9 Å². The van der Waals surface area contributed by atoms with Crippen LogP contribution in [0, 0.1) is 17.0 Å². The standard InChI is InChI=1S/C20H19BrF2N2O/c1-20(2)11-26-10-18(20)25-17-6-4-3-5-16(17)24-19(25)9-13-14(22)7-12(21)8-15(13)23/h3-8,18H,9-11H2,1-2H3/t18-/m1/s1. The first kappa shape index (κ1) is 17.6. The number of aromatic nitrogens is 2. The molecule has 6 heteroatoms. The third kappa shape index (κ3) is 2.95. The van der Waals surface area contributed by atoms with Crippen LogP contribution in [-0.4, -0.2) is 22.8 Å². The Bertz CT molecular complexity index is 960. The summed E-state index contributed by atoms with van der Waals surface area (Å²) in [6.45, 7) is 5.49. The summed E-state index contributed by atoms with van der Waals surface area (Å²) in [5, 5.41) is 0.